The average Bonchev–Trinajstić information content (AvgIpc) is 3.49. The molecule has 0 aliphatic carbocycles. The summed E-state index contributed by atoms with van der Waals surface area (Å²) in [6.45, 7) is 9.81. The largest absolute Gasteiger partial charge is 0.459 e. The Labute approximate surface area is 181 Å². The molecule has 0 saturated carbocycles. The Kier molecular flexibility index (Phi) is 5.23. The summed E-state index contributed by atoms with van der Waals surface area (Å²) in [6.07, 6.45) is 3.39. The summed E-state index contributed by atoms with van der Waals surface area (Å²) in [5.41, 5.74) is 0.840. The molecule has 31 heavy (non-hydrogen) atoms. The second kappa shape index (κ2) is 8.18. The number of nitrogens with zero attached hydrogens (tertiary/aromatic N) is 8. The molecule has 0 radical (unpaired) electrons. The molecule has 10 nitrogen and oxygen atoms in total. The Hall–Kier alpha value is -3.14. The molecule has 0 N–H and O–H groups in total. The molecule has 2 aliphatic rings. The van der Waals surface area contributed by atoms with Crippen molar-refractivity contribution in [2.75, 3.05) is 68.7 Å². The molecule has 0 aromatic carbocycles. The number of piperazine rings is 2. The lowest BCUT2D eigenvalue weighted by molar-refractivity contribution is 0.0714. The van der Waals surface area contributed by atoms with Crippen LogP contribution in [0, 0.1) is 0 Å². The van der Waals surface area contributed by atoms with E-state index in [0.29, 0.717) is 37.9 Å². The summed E-state index contributed by atoms with van der Waals surface area (Å²) in [5, 5.41) is 5.42. The number of fused-ring (bicyclic) bond motifs is 1. The zero-order valence-electron chi connectivity index (χ0n) is 18.1. The molecule has 10 heteroatoms. The SMILES string of the molecule is CCN1CCN(c2nc(N3CCN(C(=O)c4ccco4)CC3)nc3c2cnn3C)CC1. The minimum Gasteiger partial charge on any atom is -0.459 e. The van der Waals surface area contributed by atoms with Crippen LogP contribution in [0.2, 0.25) is 0 Å². The highest BCUT2D eigenvalue weighted by atomic mass is 16.3. The van der Waals surface area contributed by atoms with E-state index in [9.17, 15) is 4.79 Å². The first-order chi connectivity index (χ1) is 15.1. The Balaban J connectivity index is 1.37. The van der Waals surface area contributed by atoms with Crippen LogP contribution >= 0.6 is 0 Å². The lowest BCUT2D eigenvalue weighted by atomic mass is 10.2. The quantitative estimate of drug-likeness (QED) is 0.615. The zero-order chi connectivity index (χ0) is 21.4. The van der Waals surface area contributed by atoms with E-state index in [1.807, 2.05) is 22.8 Å². The summed E-state index contributed by atoms with van der Waals surface area (Å²) in [6, 6.07) is 3.45. The third-order valence-electron chi connectivity index (χ3n) is 6.26. The highest BCUT2D eigenvalue weighted by Crippen LogP contribution is 2.27. The number of anilines is 2. The van der Waals surface area contributed by atoms with Crippen LogP contribution in [0.25, 0.3) is 11.0 Å². The smallest absolute Gasteiger partial charge is 0.289 e. The fraction of sp³-hybridized carbons (Fsp3) is 0.524. The van der Waals surface area contributed by atoms with E-state index in [4.69, 9.17) is 14.4 Å². The number of aromatic nitrogens is 4. The van der Waals surface area contributed by atoms with Gasteiger partial charge in [-0.15, -0.1) is 0 Å². The van der Waals surface area contributed by atoms with Gasteiger partial charge in [-0.2, -0.15) is 15.1 Å². The van der Waals surface area contributed by atoms with Crippen molar-refractivity contribution in [1.29, 1.82) is 0 Å². The molecule has 0 spiro atoms. The molecule has 1 amide bonds. The van der Waals surface area contributed by atoms with Gasteiger partial charge in [-0.05, 0) is 18.7 Å². The lowest BCUT2D eigenvalue weighted by Crippen LogP contribution is -2.49. The summed E-state index contributed by atoms with van der Waals surface area (Å²) in [5.74, 6) is 1.98. The van der Waals surface area contributed by atoms with Crippen LogP contribution in [0.3, 0.4) is 0 Å². The molecule has 3 aromatic heterocycles. The first-order valence-corrected chi connectivity index (χ1v) is 10.9. The van der Waals surface area contributed by atoms with Gasteiger partial charge in [-0.1, -0.05) is 6.92 Å². The van der Waals surface area contributed by atoms with Gasteiger partial charge in [-0.25, -0.2) is 0 Å². The van der Waals surface area contributed by atoms with Crippen LogP contribution in [0.15, 0.2) is 29.0 Å². The number of rotatable bonds is 4. The van der Waals surface area contributed by atoms with Crippen LogP contribution in [0.4, 0.5) is 11.8 Å². The van der Waals surface area contributed by atoms with Gasteiger partial charge in [0.05, 0.1) is 17.8 Å². The molecule has 5 rings (SSSR count). The molecule has 2 aliphatic heterocycles. The summed E-state index contributed by atoms with van der Waals surface area (Å²) in [7, 11) is 1.91. The first-order valence-electron chi connectivity index (χ1n) is 10.9. The topological polar surface area (TPSA) is 86.8 Å². The maximum Gasteiger partial charge on any atom is 0.289 e. The molecule has 3 aromatic rings. The second-order valence-corrected chi connectivity index (χ2v) is 8.03. The summed E-state index contributed by atoms with van der Waals surface area (Å²) in [4.78, 5) is 31.1. The van der Waals surface area contributed by atoms with Gasteiger partial charge in [0.15, 0.2) is 11.4 Å². The maximum atomic E-state index is 12.6. The highest BCUT2D eigenvalue weighted by Gasteiger charge is 2.27. The minimum absolute atomic E-state index is 0.0675. The maximum absolute atomic E-state index is 12.6. The van der Waals surface area contributed by atoms with Crippen molar-refractivity contribution in [3.8, 4) is 0 Å². The van der Waals surface area contributed by atoms with E-state index in [1.165, 1.54) is 6.26 Å². The molecular formula is C21H28N8O2. The standard InChI is InChI=1S/C21H28N8O2/c1-3-26-6-8-27(9-7-26)19-16-15-22-25(2)18(16)23-21(24-19)29-12-10-28(11-13-29)20(30)17-5-4-14-31-17/h4-5,14-15H,3,6-13H2,1-2H3. The van der Waals surface area contributed by atoms with E-state index >= 15 is 0 Å². The molecule has 2 fully saturated rings. The number of hydrogen-bond acceptors (Lipinski definition) is 8. The fourth-order valence-electron chi connectivity index (χ4n) is 4.32. The van der Waals surface area contributed by atoms with Crippen LogP contribution in [-0.4, -0.2) is 94.4 Å². The van der Waals surface area contributed by atoms with E-state index in [0.717, 1.165) is 49.6 Å². The molecule has 0 atom stereocenters. The average molecular weight is 425 g/mol. The number of aryl methyl sites for hydroxylation is 1. The fourth-order valence-corrected chi connectivity index (χ4v) is 4.32. The number of carbonyl (C=O) groups is 1. The normalized spacial score (nSPS) is 18.2. The van der Waals surface area contributed by atoms with E-state index in [-0.39, 0.29) is 5.91 Å². The van der Waals surface area contributed by atoms with E-state index in [1.54, 1.807) is 12.1 Å². The number of likely N-dealkylation sites (N-methyl/N-ethyl adjacent to an activating group) is 1. The third kappa shape index (κ3) is 3.71. The Morgan fingerprint density at radius 2 is 1.77 bits per heavy atom. The van der Waals surface area contributed by atoms with Crippen molar-refractivity contribution in [3.63, 3.8) is 0 Å². The number of carbonyl (C=O) groups excluding carboxylic acids is 1. The molecule has 0 unspecified atom stereocenters. The molecular weight excluding hydrogens is 396 g/mol. The van der Waals surface area contributed by atoms with E-state index in [2.05, 4.69) is 26.7 Å². The van der Waals surface area contributed by atoms with Gasteiger partial charge < -0.3 is 24.0 Å². The van der Waals surface area contributed by atoms with Gasteiger partial charge in [0, 0.05) is 59.4 Å². The van der Waals surface area contributed by atoms with Gasteiger partial charge in [0.2, 0.25) is 5.95 Å². The second-order valence-electron chi connectivity index (χ2n) is 8.03. The summed E-state index contributed by atoms with van der Waals surface area (Å²) >= 11 is 0. The van der Waals surface area contributed by atoms with Crippen molar-refractivity contribution < 1.29 is 9.21 Å². The Morgan fingerprint density at radius 3 is 2.45 bits per heavy atom. The van der Waals surface area contributed by atoms with Gasteiger partial charge in [-0.3, -0.25) is 9.48 Å². The van der Waals surface area contributed by atoms with Crippen molar-refractivity contribution in [1.82, 2.24) is 29.5 Å². The number of amides is 1. The van der Waals surface area contributed by atoms with Crippen LogP contribution in [0.1, 0.15) is 17.5 Å². The van der Waals surface area contributed by atoms with Crippen molar-refractivity contribution in [3.05, 3.63) is 30.4 Å². The molecule has 0 bridgehead atoms. The van der Waals surface area contributed by atoms with Crippen LogP contribution in [0.5, 0.6) is 0 Å². The molecule has 164 valence electrons. The Morgan fingerprint density at radius 1 is 1.03 bits per heavy atom. The van der Waals surface area contributed by atoms with Crippen LogP contribution in [-0.2, 0) is 7.05 Å². The monoisotopic (exact) mass is 424 g/mol. The van der Waals surface area contributed by atoms with Crippen LogP contribution < -0.4 is 9.80 Å². The van der Waals surface area contributed by atoms with Crippen molar-refractivity contribution in [2.24, 2.45) is 7.05 Å². The third-order valence-corrected chi connectivity index (χ3v) is 6.26. The molecule has 5 heterocycles. The summed E-state index contributed by atoms with van der Waals surface area (Å²) < 4.78 is 7.07. The van der Waals surface area contributed by atoms with Gasteiger partial charge >= 0.3 is 0 Å². The molecule has 2 saturated heterocycles. The van der Waals surface area contributed by atoms with Gasteiger partial charge in [0.1, 0.15) is 5.82 Å². The lowest BCUT2D eigenvalue weighted by Gasteiger charge is -2.36. The van der Waals surface area contributed by atoms with E-state index < -0.39 is 0 Å². The Bertz CT molecular complexity index is 1050. The minimum atomic E-state index is -0.0675. The predicted octanol–water partition coefficient (Wildman–Crippen LogP) is 1.06. The highest BCUT2D eigenvalue weighted by molar-refractivity contribution is 5.91. The van der Waals surface area contributed by atoms with Gasteiger partial charge in [0.25, 0.3) is 5.91 Å². The predicted molar refractivity (Wildman–Crippen MR) is 117 cm³/mol. The first kappa shape index (κ1) is 19.8. The van der Waals surface area contributed by atoms with Crippen molar-refractivity contribution in [2.45, 2.75) is 6.92 Å². The number of furan rings is 1. The van der Waals surface area contributed by atoms with Crippen molar-refractivity contribution >= 4 is 28.7 Å². The number of hydrogen-bond donors (Lipinski definition) is 0. The zero-order valence-corrected chi connectivity index (χ0v) is 18.1.